The second-order valence-corrected chi connectivity index (χ2v) is 10.0. The lowest BCUT2D eigenvalue weighted by Gasteiger charge is -2.16. The number of halogens is 1. The lowest BCUT2D eigenvalue weighted by Crippen LogP contribution is -2.27. The number of rotatable bonds is 5. The number of benzene rings is 2. The fraction of sp³-hybridized carbons (Fsp3) is 0.208. The second-order valence-electron chi connectivity index (χ2n) is 8.08. The number of aryl methyl sites for hydroxylation is 1. The third kappa shape index (κ3) is 3.95. The van der Waals surface area contributed by atoms with Crippen molar-refractivity contribution in [3.8, 4) is 11.3 Å². The van der Waals surface area contributed by atoms with Gasteiger partial charge in [0.05, 0.1) is 27.2 Å². The van der Waals surface area contributed by atoms with Gasteiger partial charge in [0.2, 0.25) is 10.0 Å². The molecule has 174 valence electrons. The molecule has 1 N–H and O–H groups in total. The Labute approximate surface area is 195 Å². The van der Waals surface area contributed by atoms with E-state index in [1.165, 1.54) is 28.6 Å². The number of hydrogen-bond donors (Lipinski definition) is 1. The average Bonchev–Trinajstić information content (AvgIpc) is 3.50. The van der Waals surface area contributed by atoms with Crippen LogP contribution in [0.5, 0.6) is 0 Å². The summed E-state index contributed by atoms with van der Waals surface area (Å²) in [6.07, 6.45) is 1.66. The van der Waals surface area contributed by atoms with Crippen molar-refractivity contribution in [3.63, 3.8) is 0 Å². The number of hydrogen-bond acceptors (Lipinski definition) is 6. The van der Waals surface area contributed by atoms with Gasteiger partial charge in [-0.3, -0.25) is 4.79 Å². The number of fused-ring (bicyclic) bond motifs is 1. The number of aromatic nitrogens is 2. The lowest BCUT2D eigenvalue weighted by molar-refractivity contribution is 0.102. The molecule has 0 bridgehead atoms. The van der Waals surface area contributed by atoms with E-state index in [2.05, 4.69) is 15.5 Å². The van der Waals surface area contributed by atoms with Crippen molar-refractivity contribution in [1.82, 2.24) is 14.4 Å². The molecule has 0 radical (unpaired) electrons. The van der Waals surface area contributed by atoms with Gasteiger partial charge in [-0.2, -0.15) is 4.31 Å². The second kappa shape index (κ2) is 8.62. The summed E-state index contributed by atoms with van der Waals surface area (Å²) < 4.78 is 46.9. The van der Waals surface area contributed by atoms with Crippen molar-refractivity contribution >= 4 is 32.7 Å². The van der Waals surface area contributed by atoms with Crippen molar-refractivity contribution in [2.45, 2.75) is 24.7 Å². The molecule has 3 heterocycles. The fourth-order valence-electron chi connectivity index (χ4n) is 4.09. The van der Waals surface area contributed by atoms with Crippen LogP contribution in [0.15, 0.2) is 64.0 Å². The minimum atomic E-state index is -3.64. The van der Waals surface area contributed by atoms with Crippen molar-refractivity contribution in [2.24, 2.45) is 0 Å². The smallest absolute Gasteiger partial charge is 0.259 e. The summed E-state index contributed by atoms with van der Waals surface area (Å²) in [7, 11) is -3.64. The van der Waals surface area contributed by atoms with E-state index in [0.29, 0.717) is 29.9 Å². The van der Waals surface area contributed by atoms with Crippen LogP contribution in [0.1, 0.15) is 28.9 Å². The average molecular weight is 481 g/mol. The predicted octanol–water partition coefficient (Wildman–Crippen LogP) is 4.37. The van der Waals surface area contributed by atoms with Crippen molar-refractivity contribution in [3.05, 3.63) is 71.7 Å². The van der Waals surface area contributed by atoms with Gasteiger partial charge >= 0.3 is 0 Å². The summed E-state index contributed by atoms with van der Waals surface area (Å²) >= 11 is 0. The summed E-state index contributed by atoms with van der Waals surface area (Å²) in [5, 5.41) is 7.05. The Kier molecular flexibility index (Phi) is 5.62. The number of nitrogens with zero attached hydrogens (tertiary/aromatic N) is 3. The topological polar surface area (TPSA) is 105 Å². The standard InChI is InChI=1S/C24H21FN4O4S/c1-15-22-19(14-21(27-24(22)33-28-15)18-9-2-3-10-20(18)25)23(30)26-16-7-6-8-17(13-16)34(31,32)29-11-4-5-12-29/h2-3,6-10,13-14H,4-5,11-12H2,1H3,(H,26,30). The van der Waals surface area contributed by atoms with E-state index < -0.39 is 21.7 Å². The van der Waals surface area contributed by atoms with Crippen LogP contribution in [-0.2, 0) is 10.0 Å². The number of carbonyl (C=O) groups excluding carboxylic acids is 1. The van der Waals surface area contributed by atoms with E-state index in [1.807, 2.05) is 0 Å². The molecule has 4 aromatic rings. The molecule has 34 heavy (non-hydrogen) atoms. The zero-order chi connectivity index (χ0) is 23.9. The molecule has 1 aliphatic rings. The number of sulfonamides is 1. The van der Waals surface area contributed by atoms with E-state index in [-0.39, 0.29) is 27.4 Å². The van der Waals surface area contributed by atoms with Crippen LogP contribution < -0.4 is 5.32 Å². The molecule has 10 heteroatoms. The Morgan fingerprint density at radius 2 is 1.85 bits per heavy atom. The molecule has 1 amide bonds. The minimum Gasteiger partial charge on any atom is -0.335 e. The van der Waals surface area contributed by atoms with Crippen molar-refractivity contribution in [1.29, 1.82) is 0 Å². The Hall–Kier alpha value is -3.63. The molecule has 0 atom stereocenters. The first-order valence-corrected chi connectivity index (χ1v) is 12.2. The largest absolute Gasteiger partial charge is 0.335 e. The monoisotopic (exact) mass is 480 g/mol. The van der Waals surface area contributed by atoms with Gasteiger partial charge < -0.3 is 9.84 Å². The van der Waals surface area contributed by atoms with Crippen LogP contribution in [0.25, 0.3) is 22.4 Å². The highest BCUT2D eigenvalue weighted by Gasteiger charge is 2.27. The minimum absolute atomic E-state index is 0.105. The summed E-state index contributed by atoms with van der Waals surface area (Å²) in [5.41, 5.74) is 1.50. The van der Waals surface area contributed by atoms with Gasteiger partial charge in [-0.15, -0.1) is 0 Å². The highest BCUT2D eigenvalue weighted by atomic mass is 32.2. The summed E-state index contributed by atoms with van der Waals surface area (Å²) in [4.78, 5) is 17.7. The summed E-state index contributed by atoms with van der Waals surface area (Å²) in [5.74, 6) is -1.01. The zero-order valence-electron chi connectivity index (χ0n) is 18.3. The molecule has 2 aromatic heterocycles. The van der Waals surface area contributed by atoms with Crippen molar-refractivity contribution in [2.75, 3.05) is 18.4 Å². The highest BCUT2D eigenvalue weighted by Crippen LogP contribution is 2.29. The van der Waals surface area contributed by atoms with Gasteiger partial charge in [0.1, 0.15) is 5.82 Å². The third-order valence-corrected chi connectivity index (χ3v) is 7.70. The highest BCUT2D eigenvalue weighted by molar-refractivity contribution is 7.89. The molecule has 0 aliphatic carbocycles. The number of nitrogens with one attached hydrogen (secondary N) is 1. The van der Waals surface area contributed by atoms with Gasteiger partial charge in [0.15, 0.2) is 0 Å². The summed E-state index contributed by atoms with van der Waals surface area (Å²) in [6, 6.07) is 13.7. The van der Waals surface area contributed by atoms with E-state index >= 15 is 0 Å². The van der Waals surface area contributed by atoms with Crippen LogP contribution in [0.3, 0.4) is 0 Å². The van der Waals surface area contributed by atoms with E-state index in [4.69, 9.17) is 4.52 Å². The third-order valence-electron chi connectivity index (χ3n) is 5.81. The van der Waals surface area contributed by atoms with Crippen LogP contribution in [0, 0.1) is 12.7 Å². The lowest BCUT2D eigenvalue weighted by atomic mass is 10.0. The first kappa shape index (κ1) is 22.2. The SMILES string of the molecule is Cc1noc2nc(-c3ccccc3F)cc(C(=O)Nc3cccc(S(=O)(=O)N4CCCC4)c3)c12. The maximum Gasteiger partial charge on any atom is 0.259 e. The predicted molar refractivity (Wildman–Crippen MR) is 124 cm³/mol. The molecule has 0 spiro atoms. The number of amides is 1. The quantitative estimate of drug-likeness (QED) is 0.455. The molecular formula is C24H21FN4O4S. The van der Waals surface area contributed by atoms with Crippen LogP contribution in [0.2, 0.25) is 0 Å². The molecular weight excluding hydrogens is 459 g/mol. The molecule has 1 aliphatic heterocycles. The van der Waals surface area contributed by atoms with E-state index in [1.54, 1.807) is 37.3 Å². The zero-order valence-corrected chi connectivity index (χ0v) is 19.1. The Morgan fingerprint density at radius 1 is 1.09 bits per heavy atom. The van der Waals surface area contributed by atoms with Crippen molar-refractivity contribution < 1.29 is 22.1 Å². The first-order chi connectivity index (χ1) is 16.3. The normalized spacial score (nSPS) is 14.5. The number of carbonyl (C=O) groups is 1. The Morgan fingerprint density at radius 3 is 2.62 bits per heavy atom. The molecule has 1 saturated heterocycles. The Balaban J connectivity index is 1.52. The van der Waals surface area contributed by atoms with Gasteiger partial charge in [-0.1, -0.05) is 23.4 Å². The number of pyridine rings is 1. The molecule has 0 saturated carbocycles. The van der Waals surface area contributed by atoms with Gasteiger partial charge in [0, 0.05) is 24.3 Å². The maximum atomic E-state index is 14.4. The van der Waals surface area contributed by atoms with Crippen LogP contribution in [0.4, 0.5) is 10.1 Å². The van der Waals surface area contributed by atoms with Gasteiger partial charge in [-0.05, 0) is 56.2 Å². The summed E-state index contributed by atoms with van der Waals surface area (Å²) in [6.45, 7) is 2.65. The molecule has 1 fully saturated rings. The van der Waals surface area contributed by atoms with E-state index in [9.17, 15) is 17.6 Å². The molecule has 0 unspecified atom stereocenters. The van der Waals surface area contributed by atoms with Gasteiger partial charge in [0.25, 0.3) is 11.6 Å². The molecule has 5 rings (SSSR count). The maximum absolute atomic E-state index is 14.4. The van der Waals surface area contributed by atoms with Crippen LogP contribution >= 0.6 is 0 Å². The van der Waals surface area contributed by atoms with E-state index in [0.717, 1.165) is 12.8 Å². The number of anilines is 1. The van der Waals surface area contributed by atoms with Gasteiger partial charge in [-0.25, -0.2) is 17.8 Å². The molecule has 2 aromatic carbocycles. The first-order valence-electron chi connectivity index (χ1n) is 10.8. The molecule has 8 nitrogen and oxygen atoms in total. The van der Waals surface area contributed by atoms with Crippen LogP contribution in [-0.4, -0.2) is 41.9 Å². The Bertz CT molecular complexity index is 1510. The fourth-order valence-corrected chi connectivity index (χ4v) is 5.65.